The molecule has 1 N–H and O–H groups in total. The Morgan fingerprint density at radius 2 is 1.70 bits per heavy atom. The first-order valence-electron chi connectivity index (χ1n) is 9.75. The molecule has 1 aliphatic rings. The van der Waals surface area contributed by atoms with Crippen molar-refractivity contribution in [1.29, 1.82) is 0 Å². The monoisotopic (exact) mass is 418 g/mol. The highest BCUT2D eigenvalue weighted by Crippen LogP contribution is 2.31. The van der Waals surface area contributed by atoms with Gasteiger partial charge < -0.3 is 10.2 Å². The SMILES string of the molecule is CC(NC(=O)c1ccc2c(c1)N(Cc1ccccc1)C(=O)CS2=O)c1ccccc1. The van der Waals surface area contributed by atoms with E-state index in [4.69, 9.17) is 0 Å². The highest BCUT2D eigenvalue weighted by Gasteiger charge is 2.30. The molecule has 5 nitrogen and oxygen atoms in total. The van der Waals surface area contributed by atoms with Crippen LogP contribution in [-0.4, -0.2) is 21.8 Å². The summed E-state index contributed by atoms with van der Waals surface area (Å²) in [4.78, 5) is 27.7. The summed E-state index contributed by atoms with van der Waals surface area (Å²) in [5, 5.41) is 2.99. The topological polar surface area (TPSA) is 66.5 Å². The summed E-state index contributed by atoms with van der Waals surface area (Å²) in [6.07, 6.45) is 0. The fourth-order valence-corrected chi connectivity index (χ4v) is 4.67. The quantitative estimate of drug-likeness (QED) is 0.685. The minimum absolute atomic E-state index is 0.0452. The van der Waals surface area contributed by atoms with Gasteiger partial charge in [0.2, 0.25) is 5.91 Å². The minimum atomic E-state index is -1.41. The van der Waals surface area contributed by atoms with E-state index in [0.717, 1.165) is 11.1 Å². The Morgan fingerprint density at radius 1 is 1.03 bits per heavy atom. The molecule has 4 rings (SSSR count). The van der Waals surface area contributed by atoms with E-state index in [9.17, 15) is 13.8 Å². The standard InChI is InChI=1S/C24H22N2O3S/c1-17(19-10-6-3-7-11-19)25-24(28)20-12-13-22-21(14-20)26(23(27)16-30(22)29)15-18-8-4-2-5-9-18/h2-14,17H,15-16H2,1H3,(H,25,28). The molecule has 0 saturated carbocycles. The van der Waals surface area contributed by atoms with E-state index < -0.39 is 10.8 Å². The molecule has 0 radical (unpaired) electrons. The molecule has 0 aliphatic carbocycles. The Hall–Kier alpha value is -3.25. The molecule has 6 heteroatoms. The molecule has 152 valence electrons. The van der Waals surface area contributed by atoms with Crippen LogP contribution in [0.2, 0.25) is 0 Å². The smallest absolute Gasteiger partial charge is 0.251 e. The predicted octanol–water partition coefficient (Wildman–Crippen LogP) is 3.83. The lowest BCUT2D eigenvalue weighted by molar-refractivity contribution is -0.116. The number of anilines is 1. The van der Waals surface area contributed by atoms with Crippen molar-refractivity contribution in [2.24, 2.45) is 0 Å². The van der Waals surface area contributed by atoms with Crippen LogP contribution in [0.3, 0.4) is 0 Å². The molecule has 3 aromatic rings. The van der Waals surface area contributed by atoms with Gasteiger partial charge in [-0.2, -0.15) is 0 Å². The summed E-state index contributed by atoms with van der Waals surface area (Å²) >= 11 is 0. The number of hydrogen-bond donors (Lipinski definition) is 1. The summed E-state index contributed by atoms with van der Waals surface area (Å²) < 4.78 is 12.5. The van der Waals surface area contributed by atoms with Crippen molar-refractivity contribution in [2.45, 2.75) is 24.4 Å². The van der Waals surface area contributed by atoms with Crippen molar-refractivity contribution in [3.05, 3.63) is 95.6 Å². The Morgan fingerprint density at radius 3 is 2.40 bits per heavy atom. The number of nitrogens with one attached hydrogen (secondary N) is 1. The van der Waals surface area contributed by atoms with Crippen molar-refractivity contribution in [3.8, 4) is 0 Å². The summed E-state index contributed by atoms with van der Waals surface area (Å²) in [6.45, 7) is 2.29. The van der Waals surface area contributed by atoms with E-state index in [1.807, 2.05) is 67.6 Å². The number of rotatable bonds is 5. The lowest BCUT2D eigenvalue weighted by Gasteiger charge is -2.29. The largest absolute Gasteiger partial charge is 0.346 e. The van der Waals surface area contributed by atoms with E-state index >= 15 is 0 Å². The van der Waals surface area contributed by atoms with E-state index in [-0.39, 0.29) is 23.6 Å². The van der Waals surface area contributed by atoms with Gasteiger partial charge in [0, 0.05) is 5.56 Å². The molecule has 1 heterocycles. The highest BCUT2D eigenvalue weighted by molar-refractivity contribution is 7.86. The third kappa shape index (κ3) is 4.19. The van der Waals surface area contributed by atoms with Crippen LogP contribution in [0, 0.1) is 0 Å². The van der Waals surface area contributed by atoms with Gasteiger partial charge in [-0.3, -0.25) is 13.8 Å². The van der Waals surface area contributed by atoms with Crippen LogP contribution >= 0.6 is 0 Å². The molecule has 0 aromatic heterocycles. The molecular weight excluding hydrogens is 396 g/mol. The fraction of sp³-hybridized carbons (Fsp3) is 0.167. The number of carbonyl (C=O) groups excluding carboxylic acids is 2. The van der Waals surface area contributed by atoms with Gasteiger partial charge in [-0.15, -0.1) is 0 Å². The molecular formula is C24H22N2O3S. The van der Waals surface area contributed by atoms with E-state index in [2.05, 4.69) is 5.32 Å². The molecule has 0 saturated heterocycles. The Balaban J connectivity index is 1.62. The predicted molar refractivity (Wildman–Crippen MR) is 118 cm³/mol. The van der Waals surface area contributed by atoms with E-state index in [1.165, 1.54) is 0 Å². The molecule has 0 fully saturated rings. The number of carbonyl (C=O) groups is 2. The average molecular weight is 419 g/mol. The first kappa shape index (κ1) is 20.0. The van der Waals surface area contributed by atoms with Gasteiger partial charge in [0.1, 0.15) is 5.75 Å². The number of hydrogen-bond acceptors (Lipinski definition) is 3. The minimum Gasteiger partial charge on any atom is -0.346 e. The second-order valence-corrected chi connectivity index (χ2v) is 8.66. The number of nitrogens with zero attached hydrogens (tertiary/aromatic N) is 1. The molecule has 0 spiro atoms. The van der Waals surface area contributed by atoms with Crippen molar-refractivity contribution < 1.29 is 13.8 Å². The highest BCUT2D eigenvalue weighted by atomic mass is 32.2. The van der Waals surface area contributed by atoms with Gasteiger partial charge in [0.05, 0.1) is 34.0 Å². The van der Waals surface area contributed by atoms with Crippen LogP contribution in [0.15, 0.2) is 83.8 Å². The third-order valence-corrected chi connectivity index (χ3v) is 6.49. The zero-order valence-corrected chi connectivity index (χ0v) is 17.4. The van der Waals surface area contributed by atoms with Crippen LogP contribution in [0.4, 0.5) is 5.69 Å². The summed E-state index contributed by atoms with van der Waals surface area (Å²) in [5.74, 6) is -0.492. The average Bonchev–Trinajstić information content (AvgIpc) is 2.77. The van der Waals surface area contributed by atoms with E-state index in [1.54, 1.807) is 23.1 Å². The maximum absolute atomic E-state index is 12.9. The summed E-state index contributed by atoms with van der Waals surface area (Å²) in [5.41, 5.74) is 2.94. The summed E-state index contributed by atoms with van der Waals surface area (Å²) in [7, 11) is -1.41. The lowest BCUT2D eigenvalue weighted by atomic mass is 10.1. The second kappa shape index (κ2) is 8.63. The van der Waals surface area contributed by atoms with Gasteiger partial charge in [-0.25, -0.2) is 0 Å². The van der Waals surface area contributed by atoms with Crippen LogP contribution < -0.4 is 10.2 Å². The molecule has 2 atom stereocenters. The molecule has 2 unspecified atom stereocenters. The Kier molecular flexibility index (Phi) is 5.77. The first-order valence-corrected chi connectivity index (χ1v) is 11.1. The number of fused-ring (bicyclic) bond motifs is 1. The molecule has 0 bridgehead atoms. The molecule has 3 aromatic carbocycles. The molecule has 2 amide bonds. The van der Waals surface area contributed by atoms with Gasteiger partial charge in [-0.1, -0.05) is 60.7 Å². The Labute approximate surface area is 178 Å². The third-order valence-electron chi connectivity index (χ3n) is 5.14. The summed E-state index contributed by atoms with van der Waals surface area (Å²) in [6, 6.07) is 24.2. The normalized spacial score (nSPS) is 16.6. The van der Waals surface area contributed by atoms with Crippen molar-refractivity contribution >= 4 is 28.3 Å². The zero-order chi connectivity index (χ0) is 21.1. The second-order valence-electron chi connectivity index (χ2n) is 7.24. The Bertz CT molecular complexity index is 1100. The maximum Gasteiger partial charge on any atom is 0.251 e. The van der Waals surface area contributed by atoms with Gasteiger partial charge in [-0.05, 0) is 36.2 Å². The van der Waals surface area contributed by atoms with Crippen LogP contribution in [0.1, 0.15) is 34.5 Å². The fourth-order valence-electron chi connectivity index (χ4n) is 3.51. The first-order chi connectivity index (χ1) is 14.5. The van der Waals surface area contributed by atoms with E-state index in [0.29, 0.717) is 22.7 Å². The molecule has 30 heavy (non-hydrogen) atoms. The van der Waals surface area contributed by atoms with Crippen LogP contribution in [0.5, 0.6) is 0 Å². The number of benzene rings is 3. The van der Waals surface area contributed by atoms with Crippen molar-refractivity contribution in [3.63, 3.8) is 0 Å². The van der Waals surface area contributed by atoms with Crippen molar-refractivity contribution in [1.82, 2.24) is 5.32 Å². The van der Waals surface area contributed by atoms with Crippen molar-refractivity contribution in [2.75, 3.05) is 10.7 Å². The maximum atomic E-state index is 12.9. The van der Waals surface area contributed by atoms with Gasteiger partial charge in [0.15, 0.2) is 0 Å². The molecule has 1 aliphatic heterocycles. The van der Waals surface area contributed by atoms with Gasteiger partial charge >= 0.3 is 0 Å². The van der Waals surface area contributed by atoms with Crippen LogP contribution in [0.25, 0.3) is 0 Å². The lowest BCUT2D eigenvalue weighted by Crippen LogP contribution is -2.38. The van der Waals surface area contributed by atoms with Gasteiger partial charge in [0.25, 0.3) is 5.91 Å². The number of amides is 2. The van der Waals surface area contributed by atoms with Crippen LogP contribution in [-0.2, 0) is 22.1 Å². The zero-order valence-electron chi connectivity index (χ0n) is 16.6.